The summed E-state index contributed by atoms with van der Waals surface area (Å²) in [4.78, 5) is 28.2. The molecule has 1 unspecified atom stereocenters. The summed E-state index contributed by atoms with van der Waals surface area (Å²) in [6, 6.07) is 0. The number of unbranched alkanes of at least 4 members (excludes halogenated alkanes) is 10. The van der Waals surface area contributed by atoms with Crippen molar-refractivity contribution < 1.29 is 43.4 Å². The van der Waals surface area contributed by atoms with Gasteiger partial charge in [0.25, 0.3) is 0 Å². The summed E-state index contributed by atoms with van der Waals surface area (Å²) in [5.41, 5.74) is 4.78. The SMILES string of the molecule is CCCCCCCCCCCCOCC(COP(=O)(O)O)OCCCCC(=O)O.NCCO. The minimum Gasteiger partial charge on any atom is -0.481 e. The smallest absolute Gasteiger partial charge is 0.469 e. The first-order valence-corrected chi connectivity index (χ1v) is 13.7. The Hall–Kier alpha value is -0.580. The highest BCUT2D eigenvalue weighted by molar-refractivity contribution is 7.46. The molecule has 0 radical (unpaired) electrons. The maximum Gasteiger partial charge on any atom is 0.469 e. The molecule has 0 heterocycles. The molecular weight excluding hydrogens is 453 g/mol. The van der Waals surface area contributed by atoms with Gasteiger partial charge < -0.3 is 35.2 Å². The molecule has 10 nitrogen and oxygen atoms in total. The van der Waals surface area contributed by atoms with Crippen molar-refractivity contribution >= 4 is 13.8 Å². The zero-order valence-corrected chi connectivity index (χ0v) is 21.3. The lowest BCUT2D eigenvalue weighted by atomic mass is 10.1. The lowest BCUT2D eigenvalue weighted by Crippen LogP contribution is -2.26. The molecule has 0 aliphatic rings. The van der Waals surface area contributed by atoms with Crippen LogP contribution in [-0.2, 0) is 23.4 Å². The Kier molecular flexibility index (Phi) is 27.3. The van der Waals surface area contributed by atoms with E-state index in [0.29, 0.717) is 32.6 Å². The normalized spacial score (nSPS) is 12.3. The number of ether oxygens (including phenoxy) is 2. The van der Waals surface area contributed by atoms with Crippen molar-refractivity contribution in [2.24, 2.45) is 5.73 Å². The van der Waals surface area contributed by atoms with E-state index in [0.717, 1.165) is 12.8 Å². The van der Waals surface area contributed by atoms with Gasteiger partial charge in [0.15, 0.2) is 0 Å². The van der Waals surface area contributed by atoms with Gasteiger partial charge in [0.05, 0.1) is 19.8 Å². The number of aliphatic hydroxyl groups is 1. The first-order chi connectivity index (χ1) is 15.8. The highest BCUT2D eigenvalue weighted by atomic mass is 31.2. The molecule has 0 fully saturated rings. The molecular formula is C22H48NO9P. The van der Waals surface area contributed by atoms with Crippen LogP contribution < -0.4 is 5.73 Å². The van der Waals surface area contributed by atoms with Crippen LogP contribution in [-0.4, -0.2) is 71.7 Å². The average molecular weight is 502 g/mol. The third kappa shape index (κ3) is 33.7. The summed E-state index contributed by atoms with van der Waals surface area (Å²) < 4.78 is 26.5. The monoisotopic (exact) mass is 501 g/mol. The number of hydrogen-bond donors (Lipinski definition) is 5. The molecule has 200 valence electrons. The van der Waals surface area contributed by atoms with Gasteiger partial charge in [-0.2, -0.15) is 0 Å². The van der Waals surface area contributed by atoms with E-state index in [1.54, 1.807) is 0 Å². The van der Waals surface area contributed by atoms with Crippen molar-refractivity contribution in [2.75, 3.05) is 39.6 Å². The van der Waals surface area contributed by atoms with E-state index in [2.05, 4.69) is 11.4 Å². The quantitative estimate of drug-likeness (QED) is 0.103. The first kappa shape index (κ1) is 34.6. The fourth-order valence-corrected chi connectivity index (χ4v) is 3.22. The van der Waals surface area contributed by atoms with Crippen LogP contribution in [0, 0.1) is 0 Å². The van der Waals surface area contributed by atoms with E-state index in [4.69, 9.17) is 35.2 Å². The molecule has 0 aromatic carbocycles. The molecule has 0 aliphatic heterocycles. The van der Waals surface area contributed by atoms with Crippen LogP contribution in [0.3, 0.4) is 0 Å². The van der Waals surface area contributed by atoms with Crippen LogP contribution in [0.4, 0.5) is 0 Å². The number of rotatable bonds is 23. The van der Waals surface area contributed by atoms with Crippen LogP contribution in [0.5, 0.6) is 0 Å². The zero-order valence-electron chi connectivity index (χ0n) is 20.4. The van der Waals surface area contributed by atoms with E-state index >= 15 is 0 Å². The second-order valence-corrected chi connectivity index (χ2v) is 9.14. The Balaban J connectivity index is 0. The van der Waals surface area contributed by atoms with E-state index < -0.39 is 19.9 Å². The second-order valence-electron chi connectivity index (χ2n) is 7.90. The van der Waals surface area contributed by atoms with Crippen LogP contribution in [0.2, 0.25) is 0 Å². The van der Waals surface area contributed by atoms with Crippen molar-refractivity contribution in [1.29, 1.82) is 0 Å². The molecule has 0 saturated carbocycles. The summed E-state index contributed by atoms with van der Waals surface area (Å²) in [7, 11) is -4.56. The largest absolute Gasteiger partial charge is 0.481 e. The number of phosphoric ester groups is 1. The topological polar surface area (TPSA) is 169 Å². The maximum atomic E-state index is 10.9. The Morgan fingerprint density at radius 2 is 1.39 bits per heavy atom. The number of aliphatic carboxylic acids is 1. The fraction of sp³-hybridized carbons (Fsp3) is 0.955. The maximum absolute atomic E-state index is 10.9. The van der Waals surface area contributed by atoms with Gasteiger partial charge in [-0.05, 0) is 19.3 Å². The minimum absolute atomic E-state index is 0.0717. The summed E-state index contributed by atoms with van der Waals surface area (Å²) in [6.07, 6.45) is 12.9. The van der Waals surface area contributed by atoms with Crippen LogP contribution in [0.15, 0.2) is 0 Å². The lowest BCUT2D eigenvalue weighted by molar-refractivity contribution is -0.137. The molecule has 0 amide bonds. The highest BCUT2D eigenvalue weighted by Gasteiger charge is 2.19. The summed E-state index contributed by atoms with van der Waals surface area (Å²) in [5.74, 6) is -0.855. The Labute approximate surface area is 199 Å². The van der Waals surface area contributed by atoms with Gasteiger partial charge in [-0.25, -0.2) is 4.57 Å². The number of hydrogen-bond acceptors (Lipinski definition) is 7. The minimum atomic E-state index is -4.56. The molecule has 6 N–H and O–H groups in total. The van der Waals surface area contributed by atoms with Gasteiger partial charge in [0.2, 0.25) is 0 Å². The number of nitrogens with two attached hydrogens (primary N) is 1. The van der Waals surface area contributed by atoms with Gasteiger partial charge in [0, 0.05) is 26.2 Å². The van der Waals surface area contributed by atoms with Crippen molar-refractivity contribution in [3.05, 3.63) is 0 Å². The van der Waals surface area contributed by atoms with Crippen molar-refractivity contribution in [3.63, 3.8) is 0 Å². The lowest BCUT2D eigenvalue weighted by Gasteiger charge is -2.18. The van der Waals surface area contributed by atoms with E-state index in [-0.39, 0.29) is 26.2 Å². The highest BCUT2D eigenvalue weighted by Crippen LogP contribution is 2.35. The number of carboxylic acid groups (broad SMARTS) is 1. The molecule has 1 atom stereocenters. The average Bonchev–Trinajstić information content (AvgIpc) is 2.76. The number of carbonyl (C=O) groups is 1. The van der Waals surface area contributed by atoms with Gasteiger partial charge >= 0.3 is 13.8 Å². The molecule has 0 aliphatic carbocycles. The third-order valence-corrected chi connectivity index (χ3v) is 5.13. The van der Waals surface area contributed by atoms with Crippen molar-refractivity contribution in [2.45, 2.75) is 96.5 Å². The molecule has 11 heteroatoms. The van der Waals surface area contributed by atoms with Gasteiger partial charge in [-0.1, -0.05) is 64.7 Å². The molecule has 33 heavy (non-hydrogen) atoms. The molecule has 0 bridgehead atoms. The second kappa shape index (κ2) is 26.0. The number of carboxylic acids is 1. The van der Waals surface area contributed by atoms with Crippen molar-refractivity contribution in [1.82, 2.24) is 0 Å². The molecule has 0 saturated heterocycles. The van der Waals surface area contributed by atoms with Crippen molar-refractivity contribution in [3.8, 4) is 0 Å². The van der Waals surface area contributed by atoms with E-state index in [9.17, 15) is 9.36 Å². The molecule has 0 aromatic rings. The molecule has 0 aromatic heterocycles. The molecule has 0 spiro atoms. The Bertz CT molecular complexity index is 461. The summed E-state index contributed by atoms with van der Waals surface area (Å²) in [5, 5.41) is 16.4. The van der Waals surface area contributed by atoms with Crippen LogP contribution in [0.1, 0.15) is 90.4 Å². The predicted molar refractivity (Wildman–Crippen MR) is 128 cm³/mol. The zero-order chi connectivity index (χ0) is 25.2. The Morgan fingerprint density at radius 1 is 0.879 bits per heavy atom. The molecule has 0 rings (SSSR count). The van der Waals surface area contributed by atoms with Crippen LogP contribution in [0.25, 0.3) is 0 Å². The summed E-state index contributed by atoms with van der Waals surface area (Å²) >= 11 is 0. The Morgan fingerprint density at radius 3 is 1.88 bits per heavy atom. The van der Waals surface area contributed by atoms with E-state index in [1.165, 1.54) is 51.4 Å². The number of phosphoric acid groups is 1. The van der Waals surface area contributed by atoms with E-state index in [1.807, 2.05) is 0 Å². The van der Waals surface area contributed by atoms with Gasteiger partial charge in [-0.15, -0.1) is 0 Å². The number of aliphatic hydroxyl groups excluding tert-OH is 1. The van der Waals surface area contributed by atoms with Gasteiger partial charge in [-0.3, -0.25) is 9.32 Å². The third-order valence-electron chi connectivity index (χ3n) is 4.64. The van der Waals surface area contributed by atoms with Gasteiger partial charge in [0.1, 0.15) is 6.10 Å². The predicted octanol–water partition coefficient (Wildman–Crippen LogP) is 3.61. The first-order valence-electron chi connectivity index (χ1n) is 12.2. The summed E-state index contributed by atoms with van der Waals surface area (Å²) in [6.45, 7) is 3.50. The fourth-order valence-electron chi connectivity index (χ4n) is 2.86. The van der Waals surface area contributed by atoms with Crippen LogP contribution >= 0.6 is 7.82 Å². The standard InChI is InChI=1S/C20H41O8P.C2H7NO/c1-2-3-4-5-6-7-8-9-10-12-15-26-17-19(18-28-29(23,24)25)27-16-13-11-14-20(21)22;3-1-2-4/h19H,2-18H2,1H3,(H,21,22)(H2,23,24,25);4H,1-3H2.